The van der Waals surface area contributed by atoms with Crippen LogP contribution in [0.3, 0.4) is 0 Å². The van der Waals surface area contributed by atoms with E-state index in [2.05, 4.69) is 0 Å². The van der Waals surface area contributed by atoms with E-state index in [0.29, 0.717) is 0 Å². The van der Waals surface area contributed by atoms with E-state index in [1.165, 1.54) is 0 Å². The first-order chi connectivity index (χ1) is 3.39. The summed E-state index contributed by atoms with van der Waals surface area (Å²) < 4.78 is 2.00. The van der Waals surface area contributed by atoms with Gasteiger partial charge in [-0.25, -0.2) is 4.57 Å². The summed E-state index contributed by atoms with van der Waals surface area (Å²) in [5.74, 6) is 0. The van der Waals surface area contributed by atoms with Gasteiger partial charge in [-0.1, -0.05) is 6.07 Å². The molecule has 3 heteroatoms. The minimum Gasteiger partial charge on any atom is -1.00 e. The molecule has 0 atom stereocenters. The number of aromatic nitrogens is 1. The molecular weight excluding hydrogens is 408 g/mol. The van der Waals surface area contributed by atoms with Crippen LogP contribution in [0.5, 0.6) is 0 Å². The van der Waals surface area contributed by atoms with Crippen molar-refractivity contribution in [2.24, 2.45) is 7.05 Å². The van der Waals surface area contributed by atoms with Gasteiger partial charge in [0.2, 0.25) is 0 Å². The van der Waals surface area contributed by atoms with E-state index in [1.54, 1.807) is 0 Å². The smallest absolute Gasteiger partial charge is 0.168 e. The predicted octanol–water partition coefficient (Wildman–Crippen LogP) is -2.49. The molecule has 0 aliphatic heterocycles. The van der Waals surface area contributed by atoms with Crippen molar-refractivity contribution in [1.82, 2.24) is 0 Å². The van der Waals surface area contributed by atoms with E-state index in [4.69, 9.17) is 0 Å². The van der Waals surface area contributed by atoms with E-state index < -0.39 is 0 Å². The van der Waals surface area contributed by atoms with Gasteiger partial charge < -0.3 is 24.0 Å². The Kier molecular flexibility index (Phi) is 9.11. The third-order valence-electron chi connectivity index (χ3n) is 0.865. The fourth-order valence-corrected chi connectivity index (χ4v) is 0.485. The Morgan fingerprint density at radius 3 is 1.67 bits per heavy atom. The Morgan fingerprint density at radius 1 is 1.00 bits per heavy atom. The number of hydrogen-bond acceptors (Lipinski definition) is 0. The topological polar surface area (TPSA) is 3.88 Å². The number of halogens is 1. The minimum atomic E-state index is 0. The maximum Gasteiger partial charge on any atom is 0.168 e. The van der Waals surface area contributed by atoms with Gasteiger partial charge >= 0.3 is 0 Å². The Labute approximate surface area is 86.8 Å². The molecule has 0 saturated heterocycles. The molecule has 9 heavy (non-hydrogen) atoms. The van der Waals surface area contributed by atoms with Crippen LogP contribution in [0.1, 0.15) is 0 Å². The average Bonchev–Trinajstić information content (AvgIpc) is 1.69. The Morgan fingerprint density at radius 2 is 1.44 bits per heavy atom. The van der Waals surface area contributed by atoms with Crippen LogP contribution in [0.25, 0.3) is 0 Å². The van der Waals surface area contributed by atoms with Crippen LogP contribution in [-0.4, -0.2) is 0 Å². The van der Waals surface area contributed by atoms with Crippen LogP contribution < -0.4 is 28.5 Å². The molecule has 0 N–H and O–H groups in total. The van der Waals surface area contributed by atoms with Crippen molar-refractivity contribution >= 4 is 0 Å². The van der Waals surface area contributed by atoms with Crippen molar-refractivity contribution in [2.75, 3.05) is 0 Å². The second-order valence-electron chi connectivity index (χ2n) is 1.54. The van der Waals surface area contributed by atoms with E-state index in [1.807, 2.05) is 42.2 Å². The summed E-state index contributed by atoms with van der Waals surface area (Å²) >= 11 is 0. The SMILES string of the molecule is C[n+]1ccccc1.[I-].[Pt]. The number of aryl methyl sites for hydroxylation is 1. The summed E-state index contributed by atoms with van der Waals surface area (Å²) in [4.78, 5) is 0. The average molecular weight is 416 g/mol. The van der Waals surface area contributed by atoms with Gasteiger partial charge in [-0.15, -0.1) is 0 Å². The first-order valence-electron chi connectivity index (χ1n) is 2.30. The summed E-state index contributed by atoms with van der Waals surface area (Å²) in [5, 5.41) is 0. The summed E-state index contributed by atoms with van der Waals surface area (Å²) in [6.07, 6.45) is 4.00. The molecule has 1 rings (SSSR count). The molecule has 1 aromatic heterocycles. The zero-order valence-corrected chi connectivity index (χ0v) is 9.46. The van der Waals surface area contributed by atoms with Crippen LogP contribution in [0, 0.1) is 0 Å². The van der Waals surface area contributed by atoms with Gasteiger partial charge in [0, 0.05) is 33.2 Å². The van der Waals surface area contributed by atoms with E-state index in [-0.39, 0.29) is 45.0 Å². The van der Waals surface area contributed by atoms with Crippen molar-refractivity contribution in [1.29, 1.82) is 0 Å². The van der Waals surface area contributed by atoms with Gasteiger partial charge in [0.1, 0.15) is 7.05 Å². The molecule has 0 unspecified atom stereocenters. The number of hydrogen-bond donors (Lipinski definition) is 0. The molecule has 0 radical (unpaired) electrons. The summed E-state index contributed by atoms with van der Waals surface area (Å²) in [5.41, 5.74) is 0. The van der Waals surface area contributed by atoms with E-state index in [0.717, 1.165) is 0 Å². The summed E-state index contributed by atoms with van der Waals surface area (Å²) in [6, 6.07) is 6.00. The standard InChI is InChI=1S/C6H8N.HI.Pt/c1-7-5-3-2-4-6-7;;/h2-6H,1H3;1H;/q+1;;/p-1. The van der Waals surface area contributed by atoms with Crippen molar-refractivity contribution in [3.63, 3.8) is 0 Å². The van der Waals surface area contributed by atoms with Crippen LogP contribution >= 0.6 is 0 Å². The second kappa shape index (κ2) is 6.69. The fraction of sp³-hybridized carbons (Fsp3) is 0.167. The van der Waals surface area contributed by atoms with Crippen LogP contribution in [0.15, 0.2) is 30.6 Å². The Hall–Kier alpha value is 0.568. The van der Waals surface area contributed by atoms with Gasteiger partial charge in [0.25, 0.3) is 0 Å². The molecule has 1 aromatic rings. The normalized spacial score (nSPS) is 6.78. The molecule has 0 aromatic carbocycles. The predicted molar refractivity (Wildman–Crippen MR) is 27.6 cm³/mol. The maximum atomic E-state index is 2.00. The largest absolute Gasteiger partial charge is 1.00 e. The summed E-state index contributed by atoms with van der Waals surface area (Å²) in [6.45, 7) is 0. The van der Waals surface area contributed by atoms with Gasteiger partial charge in [0.05, 0.1) is 0 Å². The molecule has 0 bridgehead atoms. The van der Waals surface area contributed by atoms with Crippen LogP contribution in [0.4, 0.5) is 0 Å². The van der Waals surface area contributed by atoms with Crippen molar-refractivity contribution in [3.05, 3.63) is 30.6 Å². The Balaban J connectivity index is 0. The van der Waals surface area contributed by atoms with Gasteiger partial charge in [0.15, 0.2) is 12.4 Å². The monoisotopic (exact) mass is 416 g/mol. The molecule has 54 valence electrons. The zero-order chi connectivity index (χ0) is 5.11. The van der Waals surface area contributed by atoms with E-state index in [9.17, 15) is 0 Å². The van der Waals surface area contributed by atoms with Gasteiger partial charge in [-0.2, -0.15) is 0 Å². The quantitative estimate of drug-likeness (QED) is 0.326. The third kappa shape index (κ3) is 5.04. The second-order valence-corrected chi connectivity index (χ2v) is 1.54. The van der Waals surface area contributed by atoms with Crippen LogP contribution in [0.2, 0.25) is 0 Å². The van der Waals surface area contributed by atoms with Gasteiger partial charge in [-0.05, 0) is 0 Å². The number of nitrogens with zero attached hydrogens (tertiary/aromatic N) is 1. The van der Waals surface area contributed by atoms with E-state index >= 15 is 0 Å². The maximum absolute atomic E-state index is 2.00. The van der Waals surface area contributed by atoms with Crippen molar-refractivity contribution in [2.45, 2.75) is 0 Å². The van der Waals surface area contributed by atoms with Gasteiger partial charge in [-0.3, -0.25) is 0 Å². The van der Waals surface area contributed by atoms with Crippen molar-refractivity contribution < 1.29 is 49.6 Å². The first-order valence-corrected chi connectivity index (χ1v) is 2.30. The van der Waals surface area contributed by atoms with Crippen LogP contribution in [-0.2, 0) is 28.1 Å². The molecule has 0 spiro atoms. The molecular formula is C6H8INPt. The first kappa shape index (κ1) is 12.3. The fourth-order valence-electron chi connectivity index (χ4n) is 0.485. The molecule has 0 saturated carbocycles. The number of pyridine rings is 1. The zero-order valence-electron chi connectivity index (χ0n) is 5.03. The summed E-state index contributed by atoms with van der Waals surface area (Å²) in [7, 11) is 2.00. The molecule has 1 nitrogen and oxygen atoms in total. The minimum absolute atomic E-state index is 0. The molecule has 0 aliphatic carbocycles. The molecule has 0 aliphatic rings. The molecule has 0 fully saturated rings. The Bertz CT molecular complexity index is 143. The molecule has 0 amide bonds. The third-order valence-corrected chi connectivity index (χ3v) is 0.865. The van der Waals surface area contributed by atoms with Crippen molar-refractivity contribution in [3.8, 4) is 0 Å². The number of rotatable bonds is 0. The molecule has 1 heterocycles.